The Morgan fingerprint density at radius 3 is 3.11 bits per heavy atom. The van der Waals surface area contributed by atoms with Crippen molar-refractivity contribution in [3.05, 3.63) is 29.1 Å². The van der Waals surface area contributed by atoms with Gasteiger partial charge in [-0.05, 0) is 29.6 Å². The average molecular weight is 271 g/mol. The van der Waals surface area contributed by atoms with Crippen LogP contribution >= 0.6 is 11.6 Å². The van der Waals surface area contributed by atoms with Gasteiger partial charge in [-0.1, -0.05) is 0 Å². The molecule has 2 rings (SSSR count). The Morgan fingerprint density at radius 1 is 1.61 bits per heavy atom. The minimum Gasteiger partial charge on any atom is -0.423 e. The monoisotopic (exact) mass is 271 g/mol. The number of carbonyl (C=O) groups excluding carboxylic acids is 1. The number of hydrogen-bond donors (Lipinski definition) is 2. The first-order valence-corrected chi connectivity index (χ1v) is 6.13. The van der Waals surface area contributed by atoms with Gasteiger partial charge < -0.3 is 15.0 Å². The lowest BCUT2D eigenvalue weighted by Gasteiger charge is -2.07. The molecule has 2 N–H and O–H groups in total. The highest BCUT2D eigenvalue weighted by molar-refractivity contribution is 6.61. The molecule has 1 aliphatic rings. The number of fused-ring (bicyclic) bond motifs is 1. The molecule has 0 spiro atoms. The van der Waals surface area contributed by atoms with Crippen LogP contribution in [0.5, 0.6) is 0 Å². The molecule has 4 nitrogen and oxygen atoms in total. The third-order valence-corrected chi connectivity index (χ3v) is 3.00. The number of amides is 1. The lowest BCUT2D eigenvalue weighted by molar-refractivity contribution is 0.0950. The lowest BCUT2D eigenvalue weighted by atomic mass is 9.78. The van der Waals surface area contributed by atoms with E-state index in [0.717, 1.165) is 0 Å². The van der Waals surface area contributed by atoms with Crippen LogP contribution in [0.2, 0.25) is 0 Å². The van der Waals surface area contributed by atoms with E-state index in [2.05, 4.69) is 5.32 Å². The van der Waals surface area contributed by atoms with E-state index < -0.39 is 18.8 Å². The van der Waals surface area contributed by atoms with Crippen molar-refractivity contribution in [3.63, 3.8) is 0 Å². The Bertz CT molecular complexity index is 472. The van der Waals surface area contributed by atoms with Gasteiger partial charge in [0.1, 0.15) is 5.82 Å². The predicted octanol–water partition coefficient (Wildman–Crippen LogP) is 0.402. The topological polar surface area (TPSA) is 58.6 Å². The molecule has 0 fully saturated rings. The van der Waals surface area contributed by atoms with Crippen LogP contribution in [0, 0.1) is 5.82 Å². The highest BCUT2D eigenvalue weighted by Crippen LogP contribution is 2.15. The molecule has 0 atom stereocenters. The van der Waals surface area contributed by atoms with Gasteiger partial charge in [-0.15, -0.1) is 11.6 Å². The summed E-state index contributed by atoms with van der Waals surface area (Å²) in [4.78, 5) is 11.7. The fraction of sp³-hybridized carbons (Fsp3) is 0.364. The summed E-state index contributed by atoms with van der Waals surface area (Å²) < 4.78 is 18.7. The summed E-state index contributed by atoms with van der Waals surface area (Å²) in [6.07, 6.45) is 0.617. The fourth-order valence-corrected chi connectivity index (χ4v) is 1.92. The van der Waals surface area contributed by atoms with Gasteiger partial charge in [-0.3, -0.25) is 4.79 Å². The Hall–Kier alpha value is -1.11. The van der Waals surface area contributed by atoms with Crippen molar-refractivity contribution >= 4 is 30.1 Å². The molecule has 1 aromatic rings. The van der Waals surface area contributed by atoms with Crippen LogP contribution in [0.3, 0.4) is 0 Å². The lowest BCUT2D eigenvalue weighted by Crippen LogP contribution is -2.32. The van der Waals surface area contributed by atoms with Gasteiger partial charge in [0.15, 0.2) is 0 Å². The van der Waals surface area contributed by atoms with Crippen molar-refractivity contribution in [1.29, 1.82) is 0 Å². The molecular formula is C11H12BClFNO3. The van der Waals surface area contributed by atoms with Crippen molar-refractivity contribution < 1.29 is 18.9 Å². The summed E-state index contributed by atoms with van der Waals surface area (Å²) in [7, 11) is -1.09. The number of alkyl halides is 1. The van der Waals surface area contributed by atoms with Crippen molar-refractivity contribution in [2.75, 3.05) is 12.4 Å². The maximum atomic E-state index is 13.7. The number of hydrogen-bond acceptors (Lipinski definition) is 3. The molecule has 1 amide bonds. The summed E-state index contributed by atoms with van der Waals surface area (Å²) in [5, 5.41) is 12.1. The van der Waals surface area contributed by atoms with Gasteiger partial charge >= 0.3 is 7.12 Å². The largest absolute Gasteiger partial charge is 0.491 e. The van der Waals surface area contributed by atoms with Crippen molar-refractivity contribution in [2.24, 2.45) is 0 Å². The Kier molecular flexibility index (Phi) is 4.21. The summed E-state index contributed by atoms with van der Waals surface area (Å²) >= 11 is 5.48. The van der Waals surface area contributed by atoms with Gasteiger partial charge in [0.25, 0.3) is 5.91 Å². The fourth-order valence-electron chi connectivity index (χ4n) is 1.78. The van der Waals surface area contributed by atoms with Crippen LogP contribution < -0.4 is 10.8 Å². The highest BCUT2D eigenvalue weighted by Gasteiger charge is 2.29. The second-order valence-corrected chi connectivity index (χ2v) is 4.37. The molecule has 96 valence electrons. The molecule has 1 aromatic carbocycles. The van der Waals surface area contributed by atoms with Crippen LogP contribution in [-0.2, 0) is 11.3 Å². The molecule has 7 heteroatoms. The van der Waals surface area contributed by atoms with Crippen LogP contribution in [0.1, 0.15) is 22.3 Å². The van der Waals surface area contributed by atoms with E-state index in [1.165, 1.54) is 12.1 Å². The van der Waals surface area contributed by atoms with Crippen LogP contribution in [-0.4, -0.2) is 30.5 Å². The minimum absolute atomic E-state index is 0.0899. The molecule has 0 saturated heterocycles. The second-order valence-electron chi connectivity index (χ2n) is 3.99. The van der Waals surface area contributed by atoms with Gasteiger partial charge in [0.2, 0.25) is 0 Å². The Balaban J connectivity index is 2.18. The van der Waals surface area contributed by atoms with Crippen LogP contribution in [0.15, 0.2) is 12.1 Å². The van der Waals surface area contributed by atoms with Crippen LogP contribution in [0.25, 0.3) is 0 Å². The Morgan fingerprint density at radius 2 is 2.39 bits per heavy atom. The molecule has 18 heavy (non-hydrogen) atoms. The molecular weight excluding hydrogens is 259 g/mol. The van der Waals surface area contributed by atoms with Gasteiger partial charge in [-0.25, -0.2) is 4.39 Å². The van der Waals surface area contributed by atoms with E-state index in [-0.39, 0.29) is 12.2 Å². The Labute approximate surface area is 109 Å². The van der Waals surface area contributed by atoms with Crippen molar-refractivity contribution in [2.45, 2.75) is 13.0 Å². The predicted molar refractivity (Wildman–Crippen MR) is 66.5 cm³/mol. The van der Waals surface area contributed by atoms with E-state index in [4.69, 9.17) is 16.3 Å². The number of benzene rings is 1. The molecule has 0 aliphatic carbocycles. The average Bonchev–Trinajstić information content (AvgIpc) is 2.69. The first kappa shape index (κ1) is 13.3. The van der Waals surface area contributed by atoms with E-state index in [1.807, 2.05) is 0 Å². The zero-order valence-electron chi connectivity index (χ0n) is 9.58. The van der Waals surface area contributed by atoms with Gasteiger partial charge in [0.05, 0.1) is 12.2 Å². The zero-order chi connectivity index (χ0) is 13.1. The van der Waals surface area contributed by atoms with Gasteiger partial charge in [-0.2, -0.15) is 0 Å². The third kappa shape index (κ3) is 2.66. The minimum atomic E-state index is -1.09. The number of rotatable bonds is 4. The van der Waals surface area contributed by atoms with E-state index in [9.17, 15) is 14.2 Å². The van der Waals surface area contributed by atoms with Crippen molar-refractivity contribution in [1.82, 2.24) is 5.32 Å². The molecule has 0 aromatic heterocycles. The number of nitrogens with one attached hydrogen (secondary N) is 1. The third-order valence-electron chi connectivity index (χ3n) is 2.73. The quantitative estimate of drug-likeness (QED) is 0.473. The first-order chi connectivity index (χ1) is 8.63. The maximum Gasteiger partial charge on any atom is 0.491 e. The van der Waals surface area contributed by atoms with E-state index in [0.29, 0.717) is 29.9 Å². The number of carbonyl (C=O) groups is 1. The molecule has 0 radical (unpaired) electrons. The maximum absolute atomic E-state index is 13.7. The normalized spacial score (nSPS) is 13.6. The zero-order valence-corrected chi connectivity index (χ0v) is 10.3. The molecule has 0 bridgehead atoms. The highest BCUT2D eigenvalue weighted by atomic mass is 35.5. The van der Waals surface area contributed by atoms with E-state index in [1.54, 1.807) is 0 Å². The summed E-state index contributed by atoms with van der Waals surface area (Å²) in [6.45, 7) is 0.541. The molecule has 1 aliphatic heterocycles. The molecule has 0 saturated carbocycles. The summed E-state index contributed by atoms with van der Waals surface area (Å²) in [5.74, 6) is -0.700. The van der Waals surface area contributed by atoms with Gasteiger partial charge in [0, 0.05) is 12.4 Å². The molecule has 0 unspecified atom stereocenters. The standard InChI is InChI=1S/C11H12BClFNO3/c13-2-1-3-15-11(16)8-5-9-7(4-10(8)14)6-18-12(9)17/h4-5,17H,1-3,6H2,(H,15,16). The smallest absolute Gasteiger partial charge is 0.423 e. The van der Waals surface area contributed by atoms with E-state index >= 15 is 0 Å². The number of halogens is 2. The summed E-state index contributed by atoms with van der Waals surface area (Å²) in [5.41, 5.74) is 0.920. The second kappa shape index (κ2) is 5.69. The first-order valence-electron chi connectivity index (χ1n) is 5.59. The summed E-state index contributed by atoms with van der Waals surface area (Å²) in [6, 6.07) is 2.56. The van der Waals surface area contributed by atoms with Crippen LogP contribution in [0.4, 0.5) is 4.39 Å². The SMILES string of the molecule is O=C(NCCCCl)c1cc2c(cc1F)COB2O. The molecule has 1 heterocycles. The van der Waals surface area contributed by atoms with Crippen molar-refractivity contribution in [3.8, 4) is 0 Å².